The van der Waals surface area contributed by atoms with E-state index in [9.17, 15) is 18.0 Å². The highest BCUT2D eigenvalue weighted by atomic mass is 32.2. The summed E-state index contributed by atoms with van der Waals surface area (Å²) in [7, 11) is -3.92. The van der Waals surface area contributed by atoms with Crippen LogP contribution in [0.1, 0.15) is 22.8 Å². The number of carboxylic acids is 1. The molecule has 0 unspecified atom stereocenters. The van der Waals surface area contributed by atoms with Crippen molar-refractivity contribution in [3.05, 3.63) is 65.7 Å². The summed E-state index contributed by atoms with van der Waals surface area (Å²) in [5.41, 5.74) is 3.99. The molecule has 0 radical (unpaired) electrons. The molecule has 2 aliphatic heterocycles. The Morgan fingerprint density at radius 3 is 2.34 bits per heavy atom. The summed E-state index contributed by atoms with van der Waals surface area (Å²) in [4.78, 5) is 28.3. The third kappa shape index (κ3) is 6.06. The van der Waals surface area contributed by atoms with Gasteiger partial charge in [0.15, 0.2) is 0 Å². The summed E-state index contributed by atoms with van der Waals surface area (Å²) in [6, 6.07) is 16.4. The van der Waals surface area contributed by atoms with Gasteiger partial charge in [-0.15, -0.1) is 6.42 Å². The predicted octanol–water partition coefficient (Wildman–Crippen LogP) is 2.39. The number of carbonyl (C=O) groups excluding carboxylic acids is 1. The smallest absolute Gasteiger partial charge is 0.321 e. The number of terminal acetylenes is 1. The molecule has 1 atom stereocenters. The quantitative estimate of drug-likeness (QED) is 0.415. The van der Waals surface area contributed by atoms with Crippen LogP contribution in [0.5, 0.6) is 0 Å². The number of amides is 1. The average molecular weight is 577 g/mol. The van der Waals surface area contributed by atoms with Crippen LogP contribution in [0.3, 0.4) is 0 Å². The Balaban J connectivity index is 1.36. The highest BCUT2D eigenvalue weighted by Crippen LogP contribution is 2.31. The van der Waals surface area contributed by atoms with Crippen LogP contribution in [0.4, 0.5) is 5.69 Å². The first-order chi connectivity index (χ1) is 19.7. The van der Waals surface area contributed by atoms with Crippen LogP contribution in [0.15, 0.2) is 54.6 Å². The summed E-state index contributed by atoms with van der Waals surface area (Å²) in [5.74, 6) is 1.52. The first kappa shape index (κ1) is 28.6. The highest BCUT2D eigenvalue weighted by Gasteiger charge is 2.30. The molecule has 11 heteroatoms. The van der Waals surface area contributed by atoms with E-state index in [1.165, 1.54) is 11.2 Å². The van der Waals surface area contributed by atoms with E-state index in [1.54, 1.807) is 0 Å². The van der Waals surface area contributed by atoms with Crippen molar-refractivity contribution in [3.8, 4) is 23.5 Å². The second kappa shape index (κ2) is 11.9. The van der Waals surface area contributed by atoms with Crippen molar-refractivity contribution >= 4 is 38.5 Å². The summed E-state index contributed by atoms with van der Waals surface area (Å²) in [6.45, 7) is 4.69. The topological polar surface area (TPSA) is 119 Å². The van der Waals surface area contributed by atoms with Gasteiger partial charge in [-0.1, -0.05) is 36.3 Å². The molecule has 0 spiro atoms. The average Bonchev–Trinajstić information content (AvgIpc) is 3.00. The number of piperazine rings is 1. The number of carbonyl (C=O) groups is 2. The third-order valence-corrected chi connectivity index (χ3v) is 9.21. The fraction of sp³-hybridized carbons (Fsp3) is 0.333. The van der Waals surface area contributed by atoms with Crippen LogP contribution < -0.4 is 9.62 Å². The van der Waals surface area contributed by atoms with Gasteiger partial charge in [-0.05, 0) is 53.1 Å². The molecule has 41 heavy (non-hydrogen) atoms. The van der Waals surface area contributed by atoms with Gasteiger partial charge in [0.2, 0.25) is 0 Å². The van der Waals surface area contributed by atoms with Gasteiger partial charge in [0.05, 0.1) is 18.9 Å². The molecule has 5 rings (SSSR count). The van der Waals surface area contributed by atoms with Gasteiger partial charge in [-0.2, -0.15) is 17.4 Å². The predicted molar refractivity (Wildman–Crippen MR) is 157 cm³/mol. The zero-order valence-electron chi connectivity index (χ0n) is 22.7. The van der Waals surface area contributed by atoms with Crippen LogP contribution in [0.25, 0.3) is 21.9 Å². The number of hydrogen-bond donors (Lipinski definition) is 2. The van der Waals surface area contributed by atoms with E-state index in [1.807, 2.05) is 64.4 Å². The molecular formula is C30H32N4O6S. The third-order valence-electron chi connectivity index (χ3n) is 7.51. The Morgan fingerprint density at radius 1 is 0.976 bits per heavy atom. The SMILES string of the molecule is C#Cc1cc(-c2ccc3cccc(C(=O)N4CCOCC4)c3c2)ccc1N1CCN(S(=O)(=O)N[C@H](C)C(=O)O)CC1. The minimum absolute atomic E-state index is 0.00974. The summed E-state index contributed by atoms with van der Waals surface area (Å²) in [6.07, 6.45) is 5.91. The van der Waals surface area contributed by atoms with Gasteiger partial charge >= 0.3 is 5.97 Å². The van der Waals surface area contributed by atoms with Crippen LogP contribution in [-0.4, -0.2) is 93.1 Å². The standard InChI is InChI=1S/C30H32N4O6S/c1-3-22-19-24(9-10-28(22)32-11-13-34(14-12-32)41(38,39)31-21(2)30(36)37)25-8-7-23-5-4-6-26(27(23)20-25)29(35)33-15-17-40-18-16-33/h1,4-10,19-21,31H,11-18H2,2H3,(H,36,37)/t21-/m1/s1. The molecular weight excluding hydrogens is 544 g/mol. The van der Waals surface area contributed by atoms with Gasteiger partial charge in [-0.25, -0.2) is 0 Å². The summed E-state index contributed by atoms with van der Waals surface area (Å²) in [5, 5.41) is 10.9. The minimum atomic E-state index is -3.92. The lowest BCUT2D eigenvalue weighted by Gasteiger charge is -2.36. The van der Waals surface area contributed by atoms with Gasteiger partial charge in [-0.3, -0.25) is 9.59 Å². The van der Waals surface area contributed by atoms with Crippen LogP contribution in [0, 0.1) is 12.3 Å². The molecule has 3 aromatic rings. The lowest BCUT2D eigenvalue weighted by atomic mass is 9.96. The van der Waals surface area contributed by atoms with Crippen LogP contribution >= 0.6 is 0 Å². The molecule has 0 bridgehead atoms. The zero-order valence-corrected chi connectivity index (χ0v) is 23.6. The second-order valence-electron chi connectivity index (χ2n) is 10.1. The van der Waals surface area contributed by atoms with E-state index < -0.39 is 22.2 Å². The molecule has 0 aromatic heterocycles. The van der Waals surface area contributed by atoms with Crippen molar-refractivity contribution in [3.63, 3.8) is 0 Å². The molecule has 2 heterocycles. The Labute approximate surface area is 239 Å². The molecule has 0 saturated carbocycles. The molecule has 2 saturated heterocycles. The van der Waals surface area contributed by atoms with Crippen molar-refractivity contribution < 1.29 is 27.9 Å². The second-order valence-corrected chi connectivity index (χ2v) is 11.8. The van der Waals surface area contributed by atoms with Crippen molar-refractivity contribution in [2.45, 2.75) is 13.0 Å². The number of nitrogens with zero attached hydrogens (tertiary/aromatic N) is 3. The zero-order chi connectivity index (χ0) is 29.1. The molecule has 2 aliphatic rings. The van der Waals surface area contributed by atoms with Crippen molar-refractivity contribution in [1.29, 1.82) is 0 Å². The molecule has 214 valence electrons. The first-order valence-electron chi connectivity index (χ1n) is 13.4. The Kier molecular flexibility index (Phi) is 8.28. The Morgan fingerprint density at radius 2 is 1.66 bits per heavy atom. The number of carboxylic acid groups (broad SMARTS) is 1. The number of rotatable bonds is 7. The number of fused-ring (bicyclic) bond motifs is 1. The fourth-order valence-electron chi connectivity index (χ4n) is 5.20. The number of morpholine rings is 1. The number of nitrogens with one attached hydrogen (secondary N) is 1. The number of benzene rings is 3. The Hall–Kier alpha value is -3.95. The maximum Gasteiger partial charge on any atom is 0.321 e. The van der Waals surface area contributed by atoms with Gasteiger partial charge < -0.3 is 19.6 Å². The number of ether oxygens (including phenoxy) is 1. The van der Waals surface area contributed by atoms with Gasteiger partial charge in [0.1, 0.15) is 6.04 Å². The monoisotopic (exact) mass is 576 g/mol. The maximum absolute atomic E-state index is 13.3. The van der Waals surface area contributed by atoms with E-state index >= 15 is 0 Å². The van der Waals surface area contributed by atoms with Crippen LogP contribution in [0.2, 0.25) is 0 Å². The Bertz CT molecular complexity index is 1620. The number of anilines is 1. The van der Waals surface area contributed by atoms with Gasteiger partial charge in [0, 0.05) is 50.4 Å². The molecule has 0 aliphatic carbocycles. The van der Waals surface area contributed by atoms with E-state index in [-0.39, 0.29) is 19.0 Å². The minimum Gasteiger partial charge on any atom is -0.480 e. The molecule has 2 fully saturated rings. The highest BCUT2D eigenvalue weighted by molar-refractivity contribution is 7.87. The molecule has 10 nitrogen and oxygen atoms in total. The number of hydrogen-bond acceptors (Lipinski definition) is 6. The lowest BCUT2D eigenvalue weighted by Crippen LogP contribution is -2.54. The molecule has 3 aromatic carbocycles. The van der Waals surface area contributed by atoms with Crippen molar-refractivity contribution in [2.75, 3.05) is 57.4 Å². The van der Waals surface area contributed by atoms with Crippen molar-refractivity contribution in [2.24, 2.45) is 0 Å². The van der Waals surface area contributed by atoms with Crippen molar-refractivity contribution in [1.82, 2.24) is 13.9 Å². The maximum atomic E-state index is 13.3. The van der Waals surface area contributed by atoms with E-state index in [0.717, 1.165) is 27.6 Å². The van der Waals surface area contributed by atoms with E-state index in [0.29, 0.717) is 50.5 Å². The summed E-state index contributed by atoms with van der Waals surface area (Å²) < 4.78 is 34.0. The van der Waals surface area contributed by atoms with Gasteiger partial charge in [0.25, 0.3) is 16.1 Å². The van der Waals surface area contributed by atoms with Crippen LogP contribution in [-0.2, 0) is 19.7 Å². The lowest BCUT2D eigenvalue weighted by molar-refractivity contribution is -0.138. The largest absolute Gasteiger partial charge is 0.480 e. The van der Waals surface area contributed by atoms with E-state index in [4.69, 9.17) is 16.3 Å². The number of aliphatic carboxylic acids is 1. The summed E-state index contributed by atoms with van der Waals surface area (Å²) >= 11 is 0. The normalized spacial score (nSPS) is 17.3. The first-order valence-corrected chi connectivity index (χ1v) is 14.9. The molecule has 1 amide bonds. The van der Waals surface area contributed by atoms with E-state index in [2.05, 4.69) is 10.6 Å². The fourth-order valence-corrected chi connectivity index (χ4v) is 6.54. The molecule has 2 N–H and O–H groups in total.